The van der Waals surface area contributed by atoms with Crippen molar-refractivity contribution in [2.45, 2.75) is 6.04 Å². The minimum Gasteiger partial charge on any atom is -0.344 e. The van der Waals surface area contributed by atoms with Crippen LogP contribution in [0.1, 0.15) is 22.0 Å². The Morgan fingerprint density at radius 1 is 1.29 bits per heavy atom. The van der Waals surface area contributed by atoms with Gasteiger partial charge in [0.1, 0.15) is 5.15 Å². The van der Waals surface area contributed by atoms with Gasteiger partial charge in [-0.1, -0.05) is 41.9 Å². The number of amides is 1. The molecule has 1 aromatic carbocycles. The molecule has 0 aliphatic heterocycles. The molecule has 6 heteroatoms. The van der Waals surface area contributed by atoms with E-state index >= 15 is 0 Å². The lowest BCUT2D eigenvalue weighted by Gasteiger charge is -2.18. The third-order valence-electron chi connectivity index (χ3n) is 2.91. The van der Waals surface area contributed by atoms with Crippen molar-refractivity contribution < 1.29 is 9.00 Å². The van der Waals surface area contributed by atoms with Crippen molar-refractivity contribution in [2.75, 3.05) is 12.0 Å². The van der Waals surface area contributed by atoms with Gasteiger partial charge in [0.05, 0.1) is 11.6 Å². The number of benzene rings is 1. The topological polar surface area (TPSA) is 59.1 Å². The molecule has 0 aliphatic rings. The van der Waals surface area contributed by atoms with Crippen LogP contribution < -0.4 is 5.32 Å². The minimum absolute atomic E-state index is 0.152. The fourth-order valence-corrected chi connectivity index (χ4v) is 2.88. The Morgan fingerprint density at radius 3 is 2.62 bits per heavy atom. The van der Waals surface area contributed by atoms with E-state index in [2.05, 4.69) is 10.3 Å². The van der Waals surface area contributed by atoms with Crippen LogP contribution in [0.15, 0.2) is 48.7 Å². The summed E-state index contributed by atoms with van der Waals surface area (Å²) in [6.45, 7) is 0. The zero-order valence-electron chi connectivity index (χ0n) is 11.5. The van der Waals surface area contributed by atoms with Crippen molar-refractivity contribution >= 4 is 28.3 Å². The molecule has 2 atom stereocenters. The van der Waals surface area contributed by atoms with Crippen LogP contribution in [0.2, 0.25) is 5.15 Å². The summed E-state index contributed by atoms with van der Waals surface area (Å²) in [5.74, 6) is 0.0144. The minimum atomic E-state index is -1.04. The Balaban J connectivity index is 2.21. The Morgan fingerprint density at radius 2 is 2.00 bits per heavy atom. The van der Waals surface area contributed by atoms with Crippen molar-refractivity contribution in [2.24, 2.45) is 0 Å². The van der Waals surface area contributed by atoms with Gasteiger partial charge >= 0.3 is 0 Å². The molecule has 0 saturated heterocycles. The fourth-order valence-electron chi connectivity index (χ4n) is 1.93. The van der Waals surface area contributed by atoms with Crippen molar-refractivity contribution in [3.05, 3.63) is 64.9 Å². The van der Waals surface area contributed by atoms with Gasteiger partial charge < -0.3 is 5.32 Å². The lowest BCUT2D eigenvalue weighted by Crippen LogP contribution is -2.32. The van der Waals surface area contributed by atoms with Gasteiger partial charge in [-0.05, 0) is 17.7 Å². The molecule has 21 heavy (non-hydrogen) atoms. The molecule has 0 unspecified atom stereocenters. The molecule has 1 aromatic heterocycles. The lowest BCUT2D eigenvalue weighted by atomic mass is 10.1. The molecule has 0 fully saturated rings. The normalized spacial score (nSPS) is 13.4. The number of aromatic nitrogens is 1. The van der Waals surface area contributed by atoms with Gasteiger partial charge in [0.2, 0.25) is 0 Å². The summed E-state index contributed by atoms with van der Waals surface area (Å²) in [6, 6.07) is 12.4. The van der Waals surface area contributed by atoms with Crippen LogP contribution in [0.4, 0.5) is 0 Å². The van der Waals surface area contributed by atoms with E-state index < -0.39 is 10.8 Å². The molecule has 1 amide bonds. The second-order valence-electron chi connectivity index (χ2n) is 4.52. The maximum absolute atomic E-state index is 12.3. The standard InChI is InChI=1S/C15H15ClN2O2S/c1-21(20)10-13(11-6-3-2-4-7-11)18-15(19)12-8-5-9-17-14(12)16/h2-9,13H,10H2,1H3,(H,18,19)/t13-,21+/m1/s1. The second kappa shape index (κ2) is 7.33. The molecule has 0 bridgehead atoms. The van der Waals surface area contributed by atoms with E-state index in [1.807, 2.05) is 30.3 Å². The van der Waals surface area contributed by atoms with Crippen molar-refractivity contribution in [3.8, 4) is 0 Å². The number of carbonyl (C=O) groups excluding carboxylic acids is 1. The van der Waals surface area contributed by atoms with E-state index in [9.17, 15) is 9.00 Å². The molecule has 4 nitrogen and oxygen atoms in total. The Bertz CT molecular complexity index is 649. The second-order valence-corrected chi connectivity index (χ2v) is 6.36. The maximum atomic E-state index is 12.3. The third-order valence-corrected chi connectivity index (χ3v) is 4.02. The predicted octanol–water partition coefficient (Wildman–Crippen LogP) is 2.58. The maximum Gasteiger partial charge on any atom is 0.254 e. The van der Waals surface area contributed by atoms with Gasteiger partial charge in [-0.25, -0.2) is 4.98 Å². The van der Waals surface area contributed by atoms with Crippen molar-refractivity contribution in [3.63, 3.8) is 0 Å². The number of nitrogens with zero attached hydrogens (tertiary/aromatic N) is 1. The summed E-state index contributed by atoms with van der Waals surface area (Å²) in [6.07, 6.45) is 3.13. The molecule has 110 valence electrons. The van der Waals surface area contributed by atoms with Crippen LogP contribution >= 0.6 is 11.6 Å². The first-order chi connectivity index (χ1) is 10.1. The van der Waals surface area contributed by atoms with E-state index in [0.717, 1.165) is 5.56 Å². The molecular weight excluding hydrogens is 308 g/mol. The molecule has 1 heterocycles. The summed E-state index contributed by atoms with van der Waals surface area (Å²) in [4.78, 5) is 16.2. The van der Waals surface area contributed by atoms with E-state index in [1.54, 1.807) is 18.4 Å². The largest absolute Gasteiger partial charge is 0.344 e. The van der Waals surface area contributed by atoms with Crippen LogP contribution in [0.25, 0.3) is 0 Å². The van der Waals surface area contributed by atoms with Crippen molar-refractivity contribution in [1.29, 1.82) is 0 Å². The first-order valence-electron chi connectivity index (χ1n) is 6.34. The monoisotopic (exact) mass is 322 g/mol. The third kappa shape index (κ3) is 4.37. The zero-order valence-corrected chi connectivity index (χ0v) is 13.0. The molecule has 1 N–H and O–H groups in total. The van der Waals surface area contributed by atoms with Crippen LogP contribution in [0.5, 0.6) is 0 Å². The fraction of sp³-hybridized carbons (Fsp3) is 0.200. The van der Waals surface area contributed by atoms with Crippen molar-refractivity contribution in [1.82, 2.24) is 10.3 Å². The predicted molar refractivity (Wildman–Crippen MR) is 84.8 cm³/mol. The van der Waals surface area contributed by atoms with E-state index in [4.69, 9.17) is 11.6 Å². The van der Waals surface area contributed by atoms with Gasteiger partial charge in [-0.2, -0.15) is 0 Å². The van der Waals surface area contributed by atoms with Crippen LogP contribution in [0.3, 0.4) is 0 Å². The van der Waals surface area contributed by atoms with Gasteiger partial charge in [0.15, 0.2) is 0 Å². The SMILES string of the molecule is C[S@](=O)C[C@@H](NC(=O)c1cccnc1Cl)c1ccccc1. The molecule has 0 saturated carbocycles. The summed E-state index contributed by atoms with van der Waals surface area (Å²) >= 11 is 5.92. The van der Waals surface area contributed by atoms with Crippen LogP contribution in [0, 0.1) is 0 Å². The number of hydrogen-bond donors (Lipinski definition) is 1. The quantitative estimate of drug-likeness (QED) is 0.861. The molecule has 0 aliphatic carbocycles. The lowest BCUT2D eigenvalue weighted by molar-refractivity contribution is 0.0940. The molecule has 0 radical (unpaired) electrons. The van der Waals surface area contributed by atoms with Gasteiger partial charge in [0, 0.05) is 29.0 Å². The smallest absolute Gasteiger partial charge is 0.254 e. The van der Waals surface area contributed by atoms with E-state index in [1.165, 1.54) is 6.20 Å². The highest BCUT2D eigenvalue weighted by molar-refractivity contribution is 7.84. The first kappa shape index (κ1) is 15.7. The van der Waals surface area contributed by atoms with Gasteiger partial charge in [-0.3, -0.25) is 9.00 Å². The average Bonchev–Trinajstić information content (AvgIpc) is 2.47. The number of nitrogens with one attached hydrogen (secondary N) is 1. The van der Waals surface area contributed by atoms with Gasteiger partial charge in [-0.15, -0.1) is 0 Å². The molecule has 2 aromatic rings. The van der Waals surface area contributed by atoms with E-state index in [0.29, 0.717) is 11.3 Å². The van der Waals surface area contributed by atoms with Crippen LogP contribution in [-0.4, -0.2) is 27.1 Å². The Hall–Kier alpha value is -1.72. The number of rotatable bonds is 5. The molecule has 2 rings (SSSR count). The summed E-state index contributed by atoms with van der Waals surface area (Å²) in [5.41, 5.74) is 1.21. The first-order valence-corrected chi connectivity index (χ1v) is 8.45. The highest BCUT2D eigenvalue weighted by Crippen LogP contribution is 2.17. The van der Waals surface area contributed by atoms with E-state index in [-0.39, 0.29) is 17.1 Å². The number of carbonyl (C=O) groups is 1. The Labute approximate surface area is 131 Å². The average molecular weight is 323 g/mol. The zero-order chi connectivity index (χ0) is 15.2. The number of pyridine rings is 1. The summed E-state index contributed by atoms with van der Waals surface area (Å²) in [5, 5.41) is 3.02. The Kier molecular flexibility index (Phi) is 5.47. The molecule has 0 spiro atoms. The summed E-state index contributed by atoms with van der Waals surface area (Å²) < 4.78 is 11.5. The highest BCUT2D eigenvalue weighted by Gasteiger charge is 2.18. The number of hydrogen-bond acceptors (Lipinski definition) is 3. The molecular formula is C15H15ClN2O2S. The summed E-state index contributed by atoms with van der Waals surface area (Å²) in [7, 11) is -1.04. The number of halogens is 1. The van der Waals surface area contributed by atoms with Crippen LogP contribution in [-0.2, 0) is 10.8 Å². The van der Waals surface area contributed by atoms with Gasteiger partial charge in [0.25, 0.3) is 5.91 Å². The highest BCUT2D eigenvalue weighted by atomic mass is 35.5.